The smallest absolute Gasteiger partial charge is 0.330 e. The van der Waals surface area contributed by atoms with Gasteiger partial charge in [0, 0.05) is 12.2 Å². The van der Waals surface area contributed by atoms with E-state index in [1.54, 1.807) is 12.3 Å². The highest BCUT2D eigenvalue weighted by Gasteiger charge is 2.29. The van der Waals surface area contributed by atoms with E-state index in [0.29, 0.717) is 5.82 Å². The number of imide groups is 1. The van der Waals surface area contributed by atoms with Gasteiger partial charge in [0.05, 0.1) is 13.0 Å². The predicted octanol–water partition coefficient (Wildman–Crippen LogP) is 0.413. The van der Waals surface area contributed by atoms with Crippen LogP contribution in [0.25, 0.3) is 0 Å². The number of anilines is 1. The Kier molecular flexibility index (Phi) is 6.02. The molecule has 0 saturated carbocycles. The molecule has 0 aliphatic carbocycles. The van der Waals surface area contributed by atoms with E-state index in [1.807, 2.05) is 6.07 Å². The molecule has 3 amide bonds. The number of carbonyl (C=O) groups is 3. The molecule has 1 atom stereocenters. The Labute approximate surface area is 157 Å². The van der Waals surface area contributed by atoms with Gasteiger partial charge in [-0.3, -0.25) is 19.8 Å². The number of ether oxygens (including phenoxy) is 1. The molecule has 9 nitrogen and oxygen atoms in total. The normalized spacial score (nSPS) is 19.9. The van der Waals surface area contributed by atoms with Crippen LogP contribution in [0.3, 0.4) is 0 Å². The van der Waals surface area contributed by atoms with E-state index in [1.165, 1.54) is 12.0 Å². The first-order valence-corrected chi connectivity index (χ1v) is 9.11. The number of pyridine rings is 1. The highest BCUT2D eigenvalue weighted by molar-refractivity contribution is 6.11. The minimum atomic E-state index is -0.458. The van der Waals surface area contributed by atoms with E-state index in [9.17, 15) is 14.4 Å². The third kappa shape index (κ3) is 4.61. The van der Waals surface area contributed by atoms with Crippen molar-refractivity contribution in [2.45, 2.75) is 25.3 Å². The van der Waals surface area contributed by atoms with E-state index < -0.39 is 6.03 Å². The maximum atomic E-state index is 11.7. The second kappa shape index (κ2) is 8.45. The lowest BCUT2D eigenvalue weighted by Crippen LogP contribution is -2.38. The van der Waals surface area contributed by atoms with E-state index in [4.69, 9.17) is 10.5 Å². The number of rotatable bonds is 6. The van der Waals surface area contributed by atoms with Gasteiger partial charge in [0.1, 0.15) is 12.4 Å². The van der Waals surface area contributed by atoms with E-state index in [2.05, 4.69) is 15.2 Å². The molecule has 3 heterocycles. The molecule has 27 heavy (non-hydrogen) atoms. The van der Waals surface area contributed by atoms with Gasteiger partial charge in [0.15, 0.2) is 0 Å². The fourth-order valence-corrected chi connectivity index (χ4v) is 3.45. The fraction of sp³-hybridized carbons (Fsp3) is 0.556. The minimum absolute atomic E-state index is 0.00587. The van der Waals surface area contributed by atoms with Gasteiger partial charge in [0.25, 0.3) is 0 Å². The summed E-state index contributed by atoms with van der Waals surface area (Å²) < 4.78 is 4.81. The van der Waals surface area contributed by atoms with E-state index in [0.717, 1.165) is 44.5 Å². The third-order valence-electron chi connectivity index (χ3n) is 5.15. The summed E-state index contributed by atoms with van der Waals surface area (Å²) >= 11 is 0. The summed E-state index contributed by atoms with van der Waals surface area (Å²) in [5.74, 6) is -0.0185. The summed E-state index contributed by atoms with van der Waals surface area (Å²) in [6, 6.07) is 2.92. The Morgan fingerprint density at radius 3 is 2.67 bits per heavy atom. The topological polar surface area (TPSA) is 118 Å². The number of esters is 1. The molecule has 2 saturated heterocycles. The highest BCUT2D eigenvalue weighted by atomic mass is 16.5. The number of hydrogen-bond acceptors (Lipinski definition) is 7. The van der Waals surface area contributed by atoms with Gasteiger partial charge in [-0.2, -0.15) is 0 Å². The summed E-state index contributed by atoms with van der Waals surface area (Å²) in [7, 11) is 1.43. The number of urea groups is 1. The molecule has 2 aliphatic rings. The van der Waals surface area contributed by atoms with Crippen LogP contribution in [0.1, 0.15) is 30.9 Å². The number of carbonyl (C=O) groups excluding carboxylic acids is 3. The predicted molar refractivity (Wildman–Crippen MR) is 97.8 cm³/mol. The SMILES string of the molecule is COC(=O)C1CCN(CC[C@@H](N)c2ccc(N3CC(=O)NC3=O)nc2)CC1. The maximum absolute atomic E-state index is 11.7. The summed E-state index contributed by atoms with van der Waals surface area (Å²) in [6.45, 7) is 2.56. The monoisotopic (exact) mass is 375 g/mol. The van der Waals surface area contributed by atoms with Crippen molar-refractivity contribution in [3.05, 3.63) is 23.9 Å². The summed E-state index contributed by atoms with van der Waals surface area (Å²) in [5.41, 5.74) is 7.16. The van der Waals surface area contributed by atoms with Gasteiger partial charge in [-0.05, 0) is 50.5 Å². The van der Waals surface area contributed by atoms with Crippen molar-refractivity contribution >= 4 is 23.7 Å². The molecule has 0 spiro atoms. The molecule has 0 aromatic carbocycles. The number of nitrogens with zero attached hydrogens (tertiary/aromatic N) is 3. The molecule has 0 unspecified atom stereocenters. The number of hydrogen-bond donors (Lipinski definition) is 2. The maximum Gasteiger partial charge on any atom is 0.330 e. The van der Waals surface area contributed by atoms with Crippen LogP contribution in [0.5, 0.6) is 0 Å². The zero-order valence-corrected chi connectivity index (χ0v) is 15.4. The lowest BCUT2D eigenvalue weighted by atomic mass is 9.96. The standard InChI is InChI=1S/C18H25N5O4/c1-27-17(25)12-4-7-22(8-5-12)9-6-14(19)13-2-3-15(20-10-13)23-11-16(24)21-18(23)26/h2-3,10,12,14H,4-9,11,19H2,1H3,(H,21,24,26)/t14-/m1/s1. The first-order chi connectivity index (χ1) is 13.0. The Bertz CT molecular complexity index is 700. The lowest BCUT2D eigenvalue weighted by molar-refractivity contribution is -0.147. The van der Waals surface area contributed by atoms with Crippen LogP contribution in [0, 0.1) is 5.92 Å². The Morgan fingerprint density at radius 1 is 1.37 bits per heavy atom. The van der Waals surface area contributed by atoms with Crippen LogP contribution in [-0.2, 0) is 14.3 Å². The van der Waals surface area contributed by atoms with Crippen molar-refractivity contribution < 1.29 is 19.1 Å². The molecule has 146 valence electrons. The van der Waals surface area contributed by atoms with Crippen molar-refractivity contribution in [3.63, 3.8) is 0 Å². The van der Waals surface area contributed by atoms with Gasteiger partial charge in [-0.25, -0.2) is 9.78 Å². The Hall–Kier alpha value is -2.52. The molecular formula is C18H25N5O4. The van der Waals surface area contributed by atoms with Crippen LogP contribution in [-0.4, -0.2) is 61.1 Å². The van der Waals surface area contributed by atoms with Crippen molar-refractivity contribution in [1.82, 2.24) is 15.2 Å². The average molecular weight is 375 g/mol. The molecule has 1 aromatic rings. The number of aromatic nitrogens is 1. The molecule has 9 heteroatoms. The van der Waals surface area contributed by atoms with Crippen LogP contribution in [0.15, 0.2) is 18.3 Å². The highest BCUT2D eigenvalue weighted by Crippen LogP contribution is 2.22. The van der Waals surface area contributed by atoms with Gasteiger partial charge in [-0.1, -0.05) is 6.07 Å². The first-order valence-electron chi connectivity index (χ1n) is 9.11. The first kappa shape index (κ1) is 19.2. The molecule has 3 N–H and O–H groups in total. The minimum Gasteiger partial charge on any atom is -0.469 e. The van der Waals surface area contributed by atoms with Crippen molar-refractivity contribution in [2.24, 2.45) is 11.7 Å². The Morgan fingerprint density at radius 2 is 2.11 bits per heavy atom. The summed E-state index contributed by atoms with van der Waals surface area (Å²) in [5, 5.41) is 2.22. The van der Waals surface area contributed by atoms with Gasteiger partial charge in [-0.15, -0.1) is 0 Å². The molecule has 3 rings (SSSR count). The van der Waals surface area contributed by atoms with Crippen LogP contribution in [0.4, 0.5) is 10.6 Å². The zero-order chi connectivity index (χ0) is 19.4. The number of piperidine rings is 1. The third-order valence-corrected chi connectivity index (χ3v) is 5.15. The summed E-state index contributed by atoms with van der Waals surface area (Å²) in [6.07, 6.45) is 4.05. The second-order valence-corrected chi connectivity index (χ2v) is 6.92. The van der Waals surface area contributed by atoms with Crippen molar-refractivity contribution in [1.29, 1.82) is 0 Å². The van der Waals surface area contributed by atoms with Gasteiger partial charge in [0.2, 0.25) is 5.91 Å². The van der Waals surface area contributed by atoms with Gasteiger partial charge >= 0.3 is 12.0 Å². The van der Waals surface area contributed by atoms with E-state index >= 15 is 0 Å². The second-order valence-electron chi connectivity index (χ2n) is 6.92. The molecule has 1 aromatic heterocycles. The lowest BCUT2D eigenvalue weighted by Gasteiger charge is -2.31. The van der Waals surface area contributed by atoms with Crippen LogP contribution < -0.4 is 16.0 Å². The number of nitrogens with one attached hydrogen (secondary N) is 1. The van der Waals surface area contributed by atoms with Crippen molar-refractivity contribution in [2.75, 3.05) is 38.2 Å². The number of likely N-dealkylation sites (tertiary alicyclic amines) is 1. The number of methoxy groups -OCH3 is 1. The molecule has 0 bridgehead atoms. The Balaban J connectivity index is 1.47. The molecule has 2 aliphatic heterocycles. The molecule has 0 radical (unpaired) electrons. The zero-order valence-electron chi connectivity index (χ0n) is 15.4. The summed E-state index contributed by atoms with van der Waals surface area (Å²) in [4.78, 5) is 42.4. The fourth-order valence-electron chi connectivity index (χ4n) is 3.45. The van der Waals surface area contributed by atoms with Crippen LogP contribution in [0.2, 0.25) is 0 Å². The molecule has 2 fully saturated rings. The van der Waals surface area contributed by atoms with E-state index in [-0.39, 0.29) is 30.4 Å². The van der Waals surface area contributed by atoms with Crippen LogP contribution >= 0.6 is 0 Å². The number of nitrogens with two attached hydrogens (primary N) is 1. The van der Waals surface area contributed by atoms with Crippen molar-refractivity contribution in [3.8, 4) is 0 Å². The largest absolute Gasteiger partial charge is 0.469 e. The quantitative estimate of drug-likeness (QED) is 0.546. The van der Waals surface area contributed by atoms with Gasteiger partial charge < -0.3 is 15.4 Å². The molecular weight excluding hydrogens is 350 g/mol. The average Bonchev–Trinajstić information content (AvgIpc) is 3.04. The number of amides is 3.